The molecule has 1 fully saturated rings. The third-order valence-electron chi connectivity index (χ3n) is 5.25. The number of hydrogen-bond acceptors (Lipinski definition) is 1. The number of nitrogens with one attached hydrogen (secondary N) is 3. The van der Waals surface area contributed by atoms with Gasteiger partial charge in [0.15, 0.2) is 6.04 Å². The fraction of sp³-hybridized carbons (Fsp3) is 0.318. The summed E-state index contributed by atoms with van der Waals surface area (Å²) in [6.45, 7) is 7.10. The second-order valence-electron chi connectivity index (χ2n) is 7.29. The molecule has 1 aliphatic rings. The standard InChI is InChI=1S/C22H25Cl2N3O/c1-17(22(28)25-21-15-19(23)14-20(24)16-21)27-12-10-26(11-13-27)9-5-8-18-6-3-2-4-7-18/h2-8,14-17H,9-13H2,1H3,(H,25,28)/p+2/b8-5+/t17-/m1/s1. The van der Waals surface area contributed by atoms with Crippen LogP contribution in [0.3, 0.4) is 0 Å². The summed E-state index contributed by atoms with van der Waals surface area (Å²) in [7, 11) is 0. The third kappa shape index (κ3) is 6.08. The Kier molecular flexibility index (Phi) is 7.51. The van der Waals surface area contributed by atoms with Crippen molar-refractivity contribution >= 4 is 40.9 Å². The van der Waals surface area contributed by atoms with Crippen molar-refractivity contribution in [3.05, 3.63) is 70.2 Å². The maximum Gasteiger partial charge on any atom is 0.282 e. The first kappa shape index (κ1) is 20.9. The summed E-state index contributed by atoms with van der Waals surface area (Å²) in [5.41, 5.74) is 1.88. The summed E-state index contributed by atoms with van der Waals surface area (Å²) >= 11 is 12.0. The Labute approximate surface area is 176 Å². The van der Waals surface area contributed by atoms with Crippen molar-refractivity contribution in [2.24, 2.45) is 0 Å². The molecule has 2 aromatic rings. The number of piperazine rings is 1. The molecule has 0 radical (unpaired) electrons. The monoisotopic (exact) mass is 419 g/mol. The highest BCUT2D eigenvalue weighted by molar-refractivity contribution is 6.35. The first-order valence-corrected chi connectivity index (χ1v) is 10.4. The van der Waals surface area contributed by atoms with Crippen molar-refractivity contribution in [2.45, 2.75) is 13.0 Å². The fourth-order valence-corrected chi connectivity index (χ4v) is 4.08. The molecular formula is C22H27Cl2N3O+2. The van der Waals surface area contributed by atoms with E-state index < -0.39 is 0 Å². The summed E-state index contributed by atoms with van der Waals surface area (Å²) in [5, 5.41) is 3.97. The van der Waals surface area contributed by atoms with E-state index in [-0.39, 0.29) is 11.9 Å². The number of quaternary nitrogens is 2. The molecule has 6 heteroatoms. The van der Waals surface area contributed by atoms with Gasteiger partial charge in [-0.05, 0) is 36.8 Å². The van der Waals surface area contributed by atoms with Gasteiger partial charge in [-0.2, -0.15) is 0 Å². The minimum Gasteiger partial charge on any atom is -0.322 e. The molecule has 0 saturated carbocycles. The molecule has 28 heavy (non-hydrogen) atoms. The number of carbonyl (C=O) groups is 1. The minimum atomic E-state index is -0.112. The van der Waals surface area contributed by atoms with Gasteiger partial charge in [-0.1, -0.05) is 59.6 Å². The van der Waals surface area contributed by atoms with Gasteiger partial charge in [0.1, 0.15) is 26.2 Å². The summed E-state index contributed by atoms with van der Waals surface area (Å²) < 4.78 is 0. The average Bonchev–Trinajstić information content (AvgIpc) is 2.68. The second-order valence-corrected chi connectivity index (χ2v) is 8.17. The SMILES string of the molecule is C[C@H](C(=O)Nc1cc(Cl)cc(Cl)c1)[NH+]1CC[NH+](C/C=C/c2ccccc2)CC1. The smallest absolute Gasteiger partial charge is 0.282 e. The molecule has 1 amide bonds. The molecule has 1 aliphatic heterocycles. The number of halogens is 2. The molecule has 1 saturated heterocycles. The number of carbonyl (C=O) groups excluding carboxylic acids is 1. The number of hydrogen-bond donors (Lipinski definition) is 3. The summed E-state index contributed by atoms with van der Waals surface area (Å²) in [6.07, 6.45) is 4.42. The van der Waals surface area contributed by atoms with Crippen LogP contribution in [-0.2, 0) is 4.79 Å². The lowest BCUT2D eigenvalue weighted by molar-refractivity contribution is -1.02. The maximum absolute atomic E-state index is 12.6. The normalized spacial score (nSPS) is 20.8. The average molecular weight is 420 g/mol. The van der Waals surface area contributed by atoms with Crippen LogP contribution in [0.1, 0.15) is 12.5 Å². The van der Waals surface area contributed by atoms with Gasteiger partial charge in [0.25, 0.3) is 5.91 Å². The van der Waals surface area contributed by atoms with E-state index in [4.69, 9.17) is 23.2 Å². The summed E-state index contributed by atoms with van der Waals surface area (Å²) in [6, 6.07) is 15.3. The van der Waals surface area contributed by atoms with Gasteiger partial charge >= 0.3 is 0 Å². The van der Waals surface area contributed by atoms with Crippen molar-refractivity contribution < 1.29 is 14.6 Å². The van der Waals surface area contributed by atoms with Crippen molar-refractivity contribution in [3.63, 3.8) is 0 Å². The quantitative estimate of drug-likeness (QED) is 0.656. The Bertz CT molecular complexity index is 798. The number of rotatable bonds is 6. The lowest BCUT2D eigenvalue weighted by Gasteiger charge is -2.32. The van der Waals surface area contributed by atoms with E-state index >= 15 is 0 Å². The molecule has 0 spiro atoms. The highest BCUT2D eigenvalue weighted by Crippen LogP contribution is 2.22. The van der Waals surface area contributed by atoms with Gasteiger partial charge in [0.2, 0.25) is 0 Å². The van der Waals surface area contributed by atoms with Gasteiger partial charge in [0.05, 0.1) is 6.54 Å². The van der Waals surface area contributed by atoms with Gasteiger partial charge in [-0.3, -0.25) is 4.79 Å². The Morgan fingerprint density at radius 2 is 1.71 bits per heavy atom. The van der Waals surface area contributed by atoms with Crippen LogP contribution in [0.4, 0.5) is 5.69 Å². The third-order valence-corrected chi connectivity index (χ3v) is 5.69. The van der Waals surface area contributed by atoms with Gasteiger partial charge in [-0.25, -0.2) is 0 Å². The minimum absolute atomic E-state index is 0.000701. The zero-order chi connectivity index (χ0) is 19.9. The molecule has 3 N–H and O–H groups in total. The Morgan fingerprint density at radius 1 is 1.07 bits per heavy atom. The van der Waals surface area contributed by atoms with Crippen LogP contribution in [0.2, 0.25) is 10.0 Å². The topological polar surface area (TPSA) is 38.0 Å². The van der Waals surface area contributed by atoms with Crippen LogP contribution in [0, 0.1) is 0 Å². The van der Waals surface area contributed by atoms with E-state index in [9.17, 15) is 4.79 Å². The molecule has 0 unspecified atom stereocenters. The molecule has 3 rings (SSSR count). The van der Waals surface area contributed by atoms with E-state index in [1.54, 1.807) is 23.1 Å². The zero-order valence-corrected chi connectivity index (χ0v) is 17.6. The highest BCUT2D eigenvalue weighted by Gasteiger charge is 2.30. The molecule has 0 aliphatic carbocycles. The van der Waals surface area contributed by atoms with Crippen molar-refractivity contribution in [3.8, 4) is 0 Å². The Hall–Kier alpha value is -1.85. The largest absolute Gasteiger partial charge is 0.322 e. The first-order valence-electron chi connectivity index (χ1n) is 9.68. The molecule has 0 aromatic heterocycles. The molecule has 148 valence electrons. The number of anilines is 1. The summed E-state index contributed by atoms with van der Waals surface area (Å²) in [5.74, 6) is 0.000701. The number of benzene rings is 2. The summed E-state index contributed by atoms with van der Waals surface area (Å²) in [4.78, 5) is 15.5. The molecule has 1 heterocycles. The van der Waals surface area contributed by atoms with E-state index in [1.165, 1.54) is 10.5 Å². The van der Waals surface area contributed by atoms with Crippen LogP contribution in [-0.4, -0.2) is 44.7 Å². The first-order chi connectivity index (χ1) is 13.5. The van der Waals surface area contributed by atoms with E-state index in [0.717, 1.165) is 32.7 Å². The van der Waals surface area contributed by atoms with E-state index in [1.807, 2.05) is 13.0 Å². The van der Waals surface area contributed by atoms with Crippen LogP contribution in [0.15, 0.2) is 54.6 Å². The van der Waals surface area contributed by atoms with Gasteiger partial charge < -0.3 is 15.1 Å². The van der Waals surface area contributed by atoms with Gasteiger partial charge in [0, 0.05) is 15.7 Å². The van der Waals surface area contributed by atoms with Crippen molar-refractivity contribution in [1.82, 2.24) is 0 Å². The molecule has 2 aromatic carbocycles. The zero-order valence-electron chi connectivity index (χ0n) is 16.1. The molecule has 0 bridgehead atoms. The highest BCUT2D eigenvalue weighted by atomic mass is 35.5. The lowest BCUT2D eigenvalue weighted by atomic mass is 10.2. The van der Waals surface area contributed by atoms with E-state index in [2.05, 4.69) is 41.7 Å². The molecule has 1 atom stereocenters. The number of amides is 1. The predicted octanol–water partition coefficient (Wildman–Crippen LogP) is 1.82. The van der Waals surface area contributed by atoms with Crippen LogP contribution in [0.25, 0.3) is 6.08 Å². The molecule has 4 nitrogen and oxygen atoms in total. The van der Waals surface area contributed by atoms with Crippen LogP contribution >= 0.6 is 23.2 Å². The predicted molar refractivity (Wildman–Crippen MR) is 116 cm³/mol. The van der Waals surface area contributed by atoms with E-state index in [0.29, 0.717) is 15.7 Å². The Morgan fingerprint density at radius 3 is 2.36 bits per heavy atom. The fourth-order valence-electron chi connectivity index (χ4n) is 3.55. The van der Waals surface area contributed by atoms with Crippen LogP contribution in [0.5, 0.6) is 0 Å². The Balaban J connectivity index is 1.45. The van der Waals surface area contributed by atoms with Crippen molar-refractivity contribution in [1.29, 1.82) is 0 Å². The van der Waals surface area contributed by atoms with Crippen LogP contribution < -0.4 is 15.1 Å². The molecular weight excluding hydrogens is 393 g/mol. The maximum atomic E-state index is 12.6. The second kappa shape index (κ2) is 10.1. The van der Waals surface area contributed by atoms with Crippen molar-refractivity contribution in [2.75, 3.05) is 38.0 Å². The lowest BCUT2D eigenvalue weighted by Crippen LogP contribution is -3.29. The van der Waals surface area contributed by atoms with Gasteiger partial charge in [-0.15, -0.1) is 0 Å².